The number of alkyl carbamates (subject to hydrolysis) is 1. The molecule has 2 aromatic carbocycles. The summed E-state index contributed by atoms with van der Waals surface area (Å²) >= 11 is 0. The van der Waals surface area contributed by atoms with Crippen LogP contribution < -0.4 is 15.4 Å². The van der Waals surface area contributed by atoms with Gasteiger partial charge >= 0.3 is 12.1 Å². The number of amides is 1. The molecule has 33 heavy (non-hydrogen) atoms. The van der Waals surface area contributed by atoms with Crippen LogP contribution >= 0.6 is 0 Å². The van der Waals surface area contributed by atoms with Crippen molar-refractivity contribution in [1.82, 2.24) is 10.6 Å². The van der Waals surface area contributed by atoms with Gasteiger partial charge in [-0.15, -0.1) is 0 Å². The van der Waals surface area contributed by atoms with Crippen LogP contribution in [0, 0.1) is 5.92 Å². The topological polar surface area (TPSA) is 85.9 Å². The zero-order valence-electron chi connectivity index (χ0n) is 19.4. The Morgan fingerprint density at radius 3 is 2.52 bits per heavy atom. The number of methoxy groups -OCH3 is 1. The minimum atomic E-state index is -0.418. The van der Waals surface area contributed by atoms with Gasteiger partial charge in [0.25, 0.3) is 0 Å². The van der Waals surface area contributed by atoms with Crippen molar-refractivity contribution in [1.29, 1.82) is 0 Å². The molecule has 0 aliphatic heterocycles. The number of aryl methyl sites for hydroxylation is 1. The smallest absolute Gasteiger partial charge is 0.407 e. The number of carbonyl (C=O) groups is 2. The number of para-hydroxylation sites is 1. The van der Waals surface area contributed by atoms with Gasteiger partial charge < -0.3 is 24.8 Å². The summed E-state index contributed by atoms with van der Waals surface area (Å²) in [6.45, 7) is 3.31. The van der Waals surface area contributed by atoms with Crippen LogP contribution in [0.5, 0.6) is 5.75 Å². The zero-order valence-corrected chi connectivity index (χ0v) is 19.4. The third-order valence-electron chi connectivity index (χ3n) is 5.58. The Hall–Kier alpha value is -3.06. The predicted octanol–water partition coefficient (Wildman–Crippen LogP) is 3.85. The maximum Gasteiger partial charge on any atom is 0.407 e. The lowest BCUT2D eigenvalue weighted by molar-refractivity contribution is -0.143. The third kappa shape index (κ3) is 8.42. The molecule has 7 heteroatoms. The van der Waals surface area contributed by atoms with Crippen LogP contribution in [0.2, 0.25) is 0 Å². The van der Waals surface area contributed by atoms with Crippen molar-refractivity contribution in [2.45, 2.75) is 51.4 Å². The lowest BCUT2D eigenvalue weighted by Crippen LogP contribution is -2.43. The fourth-order valence-corrected chi connectivity index (χ4v) is 3.62. The summed E-state index contributed by atoms with van der Waals surface area (Å²) in [7, 11) is 1.42. The van der Waals surface area contributed by atoms with Gasteiger partial charge in [-0.1, -0.05) is 48.5 Å². The van der Waals surface area contributed by atoms with E-state index in [-0.39, 0.29) is 24.7 Å². The van der Waals surface area contributed by atoms with Crippen LogP contribution in [0.3, 0.4) is 0 Å². The first kappa shape index (κ1) is 24.6. The maximum atomic E-state index is 12.0. The first-order valence-corrected chi connectivity index (χ1v) is 11.6. The van der Waals surface area contributed by atoms with E-state index in [0.717, 1.165) is 42.6 Å². The van der Waals surface area contributed by atoms with E-state index >= 15 is 0 Å². The number of carbonyl (C=O) groups excluding carboxylic acids is 2. The van der Waals surface area contributed by atoms with Crippen molar-refractivity contribution in [2.75, 3.05) is 20.2 Å². The van der Waals surface area contributed by atoms with Gasteiger partial charge in [0.05, 0.1) is 7.11 Å². The Bertz CT molecular complexity index is 885. The van der Waals surface area contributed by atoms with E-state index in [1.165, 1.54) is 7.11 Å². The van der Waals surface area contributed by atoms with Gasteiger partial charge in [-0.2, -0.15) is 0 Å². The average Bonchev–Trinajstić information content (AvgIpc) is 3.67. The molecule has 1 aliphatic carbocycles. The van der Waals surface area contributed by atoms with Gasteiger partial charge in [-0.05, 0) is 55.7 Å². The van der Waals surface area contributed by atoms with Crippen molar-refractivity contribution in [3.63, 3.8) is 0 Å². The summed E-state index contributed by atoms with van der Waals surface area (Å²) in [5.74, 6) is 0.975. The SMILES string of the molecule is COC(=O)[C@@H](NC[C@@H](C)Oc1ccccc1CCCNC(=O)OCc1ccccc1)C1CC1. The molecule has 1 saturated carbocycles. The van der Waals surface area contributed by atoms with E-state index in [1.54, 1.807) is 0 Å². The second-order valence-corrected chi connectivity index (χ2v) is 8.37. The van der Waals surface area contributed by atoms with Crippen molar-refractivity contribution < 1.29 is 23.8 Å². The molecule has 1 amide bonds. The summed E-state index contributed by atoms with van der Waals surface area (Å²) in [5, 5.41) is 6.09. The predicted molar refractivity (Wildman–Crippen MR) is 126 cm³/mol. The number of benzene rings is 2. The Morgan fingerprint density at radius 2 is 1.79 bits per heavy atom. The summed E-state index contributed by atoms with van der Waals surface area (Å²) in [6.07, 6.45) is 3.11. The van der Waals surface area contributed by atoms with Crippen LogP contribution in [0.15, 0.2) is 54.6 Å². The fourth-order valence-electron chi connectivity index (χ4n) is 3.62. The van der Waals surface area contributed by atoms with E-state index in [1.807, 2.05) is 61.5 Å². The van der Waals surface area contributed by atoms with Crippen LogP contribution in [0.4, 0.5) is 4.79 Å². The quantitative estimate of drug-likeness (QED) is 0.353. The lowest BCUT2D eigenvalue weighted by Gasteiger charge is -2.21. The third-order valence-corrected chi connectivity index (χ3v) is 5.58. The van der Waals surface area contributed by atoms with Crippen molar-refractivity contribution >= 4 is 12.1 Å². The minimum Gasteiger partial charge on any atom is -0.489 e. The largest absolute Gasteiger partial charge is 0.489 e. The molecule has 1 aliphatic rings. The molecule has 0 radical (unpaired) electrons. The second-order valence-electron chi connectivity index (χ2n) is 8.37. The van der Waals surface area contributed by atoms with E-state index in [0.29, 0.717) is 19.0 Å². The van der Waals surface area contributed by atoms with Gasteiger partial charge in [0.1, 0.15) is 24.5 Å². The van der Waals surface area contributed by atoms with Crippen molar-refractivity contribution in [2.24, 2.45) is 5.92 Å². The highest BCUT2D eigenvalue weighted by Gasteiger charge is 2.36. The molecule has 0 bridgehead atoms. The Labute approximate surface area is 195 Å². The van der Waals surface area contributed by atoms with Gasteiger partial charge in [-0.25, -0.2) is 4.79 Å². The first-order chi connectivity index (χ1) is 16.1. The molecule has 2 aromatic rings. The molecule has 0 heterocycles. The molecule has 0 aromatic heterocycles. The van der Waals surface area contributed by atoms with Gasteiger partial charge in [0, 0.05) is 13.1 Å². The molecule has 0 unspecified atom stereocenters. The molecule has 7 nitrogen and oxygen atoms in total. The molecular formula is C26H34N2O5. The molecule has 2 atom stereocenters. The highest BCUT2D eigenvalue weighted by atomic mass is 16.5. The summed E-state index contributed by atoms with van der Waals surface area (Å²) in [5.41, 5.74) is 2.04. The monoisotopic (exact) mass is 454 g/mol. The van der Waals surface area contributed by atoms with E-state index in [9.17, 15) is 9.59 Å². The maximum absolute atomic E-state index is 12.0. The van der Waals surface area contributed by atoms with Crippen LogP contribution in [0.1, 0.15) is 37.3 Å². The van der Waals surface area contributed by atoms with Crippen LogP contribution in [0.25, 0.3) is 0 Å². The molecule has 0 spiro atoms. The summed E-state index contributed by atoms with van der Waals surface area (Å²) in [4.78, 5) is 23.9. The number of hydrogen-bond donors (Lipinski definition) is 2. The Morgan fingerprint density at radius 1 is 1.06 bits per heavy atom. The zero-order chi connectivity index (χ0) is 23.5. The number of ether oxygens (including phenoxy) is 3. The normalized spacial score (nSPS) is 14.7. The van der Waals surface area contributed by atoms with Gasteiger partial charge in [0.15, 0.2) is 0 Å². The van der Waals surface area contributed by atoms with E-state index in [4.69, 9.17) is 14.2 Å². The molecule has 1 fully saturated rings. The number of rotatable bonds is 13. The van der Waals surface area contributed by atoms with Crippen molar-refractivity contribution in [3.8, 4) is 5.75 Å². The molecule has 2 N–H and O–H groups in total. The van der Waals surface area contributed by atoms with Crippen molar-refractivity contribution in [3.05, 3.63) is 65.7 Å². The van der Waals surface area contributed by atoms with E-state index < -0.39 is 6.09 Å². The summed E-state index contributed by atoms with van der Waals surface area (Å²) < 4.78 is 16.3. The number of esters is 1. The number of nitrogens with one attached hydrogen (secondary N) is 2. The molecular weight excluding hydrogens is 420 g/mol. The number of hydrogen-bond acceptors (Lipinski definition) is 6. The standard InChI is InChI=1S/C26H34N2O5/c1-19(17-28-24(22-14-15-22)25(29)31-2)33-23-13-7-6-11-21(23)12-8-16-27-26(30)32-18-20-9-4-3-5-10-20/h3-7,9-11,13,19,22,24,28H,8,12,14-18H2,1-2H3,(H,27,30)/t19-,24+/m1/s1. The average molecular weight is 455 g/mol. The fraction of sp³-hybridized carbons (Fsp3) is 0.462. The van der Waals surface area contributed by atoms with Gasteiger partial charge in [-0.3, -0.25) is 4.79 Å². The second kappa shape index (κ2) is 12.8. The first-order valence-electron chi connectivity index (χ1n) is 11.6. The summed E-state index contributed by atoms with van der Waals surface area (Å²) in [6, 6.07) is 17.2. The molecule has 178 valence electrons. The van der Waals surface area contributed by atoms with Crippen LogP contribution in [-0.4, -0.2) is 44.4 Å². The Balaban J connectivity index is 1.38. The van der Waals surface area contributed by atoms with E-state index in [2.05, 4.69) is 10.6 Å². The van der Waals surface area contributed by atoms with Gasteiger partial charge in [0.2, 0.25) is 0 Å². The molecule has 3 rings (SSSR count). The highest BCUT2D eigenvalue weighted by Crippen LogP contribution is 2.33. The molecule has 0 saturated heterocycles. The van der Waals surface area contributed by atoms with Crippen LogP contribution in [-0.2, 0) is 27.3 Å². The highest BCUT2D eigenvalue weighted by molar-refractivity contribution is 5.76. The minimum absolute atomic E-state index is 0.108. The lowest BCUT2D eigenvalue weighted by atomic mass is 10.1. The Kier molecular flexibility index (Phi) is 9.57.